The smallest absolute Gasteiger partial charge is 0.321 e. The van der Waals surface area contributed by atoms with Crippen LogP contribution in [0.25, 0.3) is 0 Å². The number of hydrogen-bond acceptors (Lipinski definition) is 5. The molecule has 80 valence electrons. The van der Waals surface area contributed by atoms with Crippen LogP contribution in [0, 0.1) is 6.92 Å². The van der Waals surface area contributed by atoms with Crippen LogP contribution in [-0.2, 0) is 0 Å². The second kappa shape index (κ2) is 4.48. The molecule has 0 amide bonds. The largest absolute Gasteiger partial charge is 0.423 e. The molecule has 0 radical (unpaired) electrons. The quantitative estimate of drug-likeness (QED) is 0.730. The van der Waals surface area contributed by atoms with Crippen molar-refractivity contribution in [3.63, 3.8) is 0 Å². The van der Waals surface area contributed by atoms with E-state index in [0.717, 1.165) is 5.69 Å². The number of ether oxygens (including phenoxy) is 1. The van der Waals surface area contributed by atoms with Gasteiger partial charge in [-0.25, -0.2) is 9.97 Å². The highest BCUT2D eigenvalue weighted by Crippen LogP contribution is 2.15. The van der Waals surface area contributed by atoms with Crippen molar-refractivity contribution in [3.05, 3.63) is 42.0 Å². The monoisotopic (exact) mass is 215 g/mol. The maximum Gasteiger partial charge on any atom is 0.321 e. The molecule has 5 heteroatoms. The predicted molar refractivity (Wildman–Crippen MR) is 56.5 cm³/mol. The third-order valence-corrected chi connectivity index (χ3v) is 1.88. The molecule has 0 saturated heterocycles. The van der Waals surface area contributed by atoms with Crippen LogP contribution in [0.4, 0.5) is 0 Å². The maximum absolute atomic E-state index is 10.4. The summed E-state index contributed by atoms with van der Waals surface area (Å²) >= 11 is 0. The van der Waals surface area contributed by atoms with E-state index < -0.39 is 0 Å². The van der Waals surface area contributed by atoms with Crippen LogP contribution < -0.4 is 4.74 Å². The van der Waals surface area contributed by atoms with Crippen molar-refractivity contribution in [1.29, 1.82) is 0 Å². The number of carbonyl (C=O) groups excluding carboxylic acids is 1. The Labute approximate surface area is 92.2 Å². The van der Waals surface area contributed by atoms with Crippen molar-refractivity contribution in [2.45, 2.75) is 6.92 Å². The molecule has 0 bridgehead atoms. The van der Waals surface area contributed by atoms with Crippen LogP contribution in [0.1, 0.15) is 16.1 Å². The summed E-state index contributed by atoms with van der Waals surface area (Å²) in [5.41, 5.74) is 1.32. The second-order valence-corrected chi connectivity index (χ2v) is 3.15. The van der Waals surface area contributed by atoms with E-state index in [1.807, 2.05) is 13.0 Å². The third kappa shape index (κ3) is 2.38. The Morgan fingerprint density at radius 2 is 1.88 bits per heavy atom. The molecule has 0 fully saturated rings. The number of hydrogen-bond donors (Lipinski definition) is 0. The second-order valence-electron chi connectivity index (χ2n) is 3.15. The van der Waals surface area contributed by atoms with Gasteiger partial charge in [-0.1, -0.05) is 0 Å². The summed E-state index contributed by atoms with van der Waals surface area (Å²) in [5.74, 6) is 0.560. The van der Waals surface area contributed by atoms with Crippen LogP contribution in [0.2, 0.25) is 0 Å². The summed E-state index contributed by atoms with van der Waals surface area (Å²) in [6, 6.07) is 3.80. The molecule has 2 rings (SSSR count). The minimum Gasteiger partial charge on any atom is -0.423 e. The lowest BCUT2D eigenvalue weighted by Crippen LogP contribution is -1.93. The number of aryl methyl sites for hydroxylation is 1. The zero-order chi connectivity index (χ0) is 11.4. The van der Waals surface area contributed by atoms with Crippen molar-refractivity contribution >= 4 is 6.29 Å². The van der Waals surface area contributed by atoms with E-state index in [9.17, 15) is 4.79 Å². The standard InChI is InChI=1S/C11H9N3O2/c1-8-2-3-10(6-12-8)16-11-13-4-9(7-15)5-14-11/h2-7H,1H3. The van der Waals surface area contributed by atoms with E-state index in [-0.39, 0.29) is 6.01 Å². The van der Waals surface area contributed by atoms with Crippen molar-refractivity contribution in [1.82, 2.24) is 15.0 Å². The van der Waals surface area contributed by atoms with Gasteiger partial charge in [-0.2, -0.15) is 0 Å². The third-order valence-electron chi connectivity index (χ3n) is 1.88. The molecule has 0 unspecified atom stereocenters. The highest BCUT2D eigenvalue weighted by atomic mass is 16.5. The Kier molecular flexibility index (Phi) is 2.86. The fraction of sp³-hybridized carbons (Fsp3) is 0.0909. The molecule has 0 aliphatic heterocycles. The number of carbonyl (C=O) groups is 1. The summed E-state index contributed by atoms with van der Waals surface area (Å²) in [5, 5.41) is 0. The molecule has 5 nitrogen and oxygen atoms in total. The van der Waals surface area contributed by atoms with Gasteiger partial charge in [-0.3, -0.25) is 9.78 Å². The number of aromatic nitrogens is 3. The summed E-state index contributed by atoms with van der Waals surface area (Å²) < 4.78 is 5.33. The van der Waals surface area contributed by atoms with E-state index in [1.54, 1.807) is 12.3 Å². The van der Waals surface area contributed by atoms with Crippen molar-refractivity contribution < 1.29 is 9.53 Å². The van der Waals surface area contributed by atoms with Crippen LogP contribution in [0.15, 0.2) is 30.7 Å². The lowest BCUT2D eigenvalue weighted by Gasteiger charge is -2.02. The predicted octanol–water partition coefficient (Wildman–Crippen LogP) is 1.78. The van der Waals surface area contributed by atoms with Crippen LogP contribution in [0.5, 0.6) is 11.8 Å². The molecule has 0 N–H and O–H groups in total. The lowest BCUT2D eigenvalue weighted by atomic mass is 10.4. The van der Waals surface area contributed by atoms with Gasteiger partial charge in [-0.15, -0.1) is 0 Å². The van der Waals surface area contributed by atoms with Gasteiger partial charge in [0.15, 0.2) is 6.29 Å². The molecule has 2 heterocycles. The summed E-state index contributed by atoms with van der Waals surface area (Å²) in [6.45, 7) is 1.89. The molecule has 0 aliphatic carbocycles. The number of nitrogens with zero attached hydrogens (tertiary/aromatic N) is 3. The van der Waals surface area contributed by atoms with Gasteiger partial charge in [0.1, 0.15) is 5.75 Å². The normalized spacial score (nSPS) is 9.81. The zero-order valence-electron chi connectivity index (χ0n) is 8.62. The molecule has 2 aromatic heterocycles. The highest BCUT2D eigenvalue weighted by Gasteiger charge is 2.00. The molecule has 0 atom stereocenters. The molecule has 0 aliphatic rings. The zero-order valence-corrected chi connectivity index (χ0v) is 8.62. The fourth-order valence-corrected chi connectivity index (χ4v) is 1.06. The first-order valence-corrected chi connectivity index (χ1v) is 4.65. The Morgan fingerprint density at radius 1 is 1.12 bits per heavy atom. The van der Waals surface area contributed by atoms with Gasteiger partial charge >= 0.3 is 6.01 Å². The van der Waals surface area contributed by atoms with Gasteiger partial charge in [0.25, 0.3) is 0 Å². The van der Waals surface area contributed by atoms with Gasteiger partial charge in [0.05, 0.1) is 11.8 Å². The topological polar surface area (TPSA) is 65.0 Å². The minimum absolute atomic E-state index is 0.191. The SMILES string of the molecule is Cc1ccc(Oc2ncc(C=O)cn2)cn1. The molecule has 0 spiro atoms. The Balaban J connectivity index is 2.14. The van der Waals surface area contributed by atoms with E-state index in [4.69, 9.17) is 4.74 Å². The van der Waals surface area contributed by atoms with E-state index in [0.29, 0.717) is 17.6 Å². The summed E-state index contributed by atoms with van der Waals surface area (Å²) in [4.78, 5) is 22.2. The first-order chi connectivity index (χ1) is 7.78. The number of aldehydes is 1. The molecule has 2 aromatic rings. The van der Waals surface area contributed by atoms with Crippen LogP contribution in [0.3, 0.4) is 0 Å². The van der Waals surface area contributed by atoms with Crippen molar-refractivity contribution in [2.75, 3.05) is 0 Å². The van der Waals surface area contributed by atoms with Gasteiger partial charge < -0.3 is 4.74 Å². The minimum atomic E-state index is 0.191. The van der Waals surface area contributed by atoms with E-state index >= 15 is 0 Å². The summed E-state index contributed by atoms with van der Waals surface area (Å²) in [7, 11) is 0. The molecular formula is C11H9N3O2. The average molecular weight is 215 g/mol. The van der Waals surface area contributed by atoms with Gasteiger partial charge in [-0.05, 0) is 19.1 Å². The fourth-order valence-electron chi connectivity index (χ4n) is 1.06. The first-order valence-electron chi connectivity index (χ1n) is 4.65. The van der Waals surface area contributed by atoms with Crippen molar-refractivity contribution in [3.8, 4) is 11.8 Å². The Morgan fingerprint density at radius 3 is 2.44 bits per heavy atom. The molecule has 0 saturated carbocycles. The molecular weight excluding hydrogens is 206 g/mol. The van der Waals surface area contributed by atoms with E-state index in [1.165, 1.54) is 12.4 Å². The summed E-state index contributed by atoms with van der Waals surface area (Å²) in [6.07, 6.45) is 5.07. The highest BCUT2D eigenvalue weighted by molar-refractivity contribution is 5.73. The maximum atomic E-state index is 10.4. The van der Waals surface area contributed by atoms with Crippen molar-refractivity contribution in [2.24, 2.45) is 0 Å². The number of pyridine rings is 1. The molecule has 0 aromatic carbocycles. The molecule has 16 heavy (non-hydrogen) atoms. The van der Waals surface area contributed by atoms with Crippen LogP contribution in [-0.4, -0.2) is 21.2 Å². The first kappa shape index (κ1) is 10.2. The van der Waals surface area contributed by atoms with Gasteiger partial charge in [0.2, 0.25) is 0 Å². The Bertz CT molecular complexity index is 480. The van der Waals surface area contributed by atoms with Gasteiger partial charge in [0, 0.05) is 18.1 Å². The number of rotatable bonds is 3. The van der Waals surface area contributed by atoms with Crippen LogP contribution >= 0.6 is 0 Å². The Hall–Kier alpha value is -2.30. The lowest BCUT2D eigenvalue weighted by molar-refractivity contribution is 0.112. The average Bonchev–Trinajstić information content (AvgIpc) is 2.33. The van der Waals surface area contributed by atoms with E-state index in [2.05, 4.69) is 15.0 Å².